The van der Waals surface area contributed by atoms with Crippen LogP contribution in [-0.2, 0) is 0 Å². The quantitative estimate of drug-likeness (QED) is 0.739. The number of fused-ring (bicyclic) bond motifs is 1. The molecule has 2 aromatic heterocycles. The fourth-order valence-corrected chi connectivity index (χ4v) is 2.90. The van der Waals surface area contributed by atoms with Gasteiger partial charge in [0.25, 0.3) is 11.5 Å². The Morgan fingerprint density at radius 1 is 1.00 bits per heavy atom. The molecule has 1 amide bonds. The van der Waals surface area contributed by atoms with Gasteiger partial charge >= 0.3 is 0 Å². The van der Waals surface area contributed by atoms with E-state index in [9.17, 15) is 9.59 Å². The SMILES string of the molecule is O=C(c1nc2ccccc2c(=O)[nH]1)N1CCN(c2ncccn2)CC1. The summed E-state index contributed by atoms with van der Waals surface area (Å²) in [6, 6.07) is 8.75. The zero-order valence-electron chi connectivity index (χ0n) is 13.4. The molecule has 0 aliphatic carbocycles. The van der Waals surface area contributed by atoms with Gasteiger partial charge in [-0.05, 0) is 18.2 Å². The number of anilines is 1. The van der Waals surface area contributed by atoms with E-state index in [0.29, 0.717) is 43.0 Å². The van der Waals surface area contributed by atoms with E-state index in [-0.39, 0.29) is 17.3 Å². The second kappa shape index (κ2) is 6.31. The lowest BCUT2D eigenvalue weighted by molar-refractivity contribution is 0.0734. The minimum Gasteiger partial charge on any atom is -0.337 e. The number of hydrogen-bond acceptors (Lipinski definition) is 6. The Balaban J connectivity index is 1.52. The summed E-state index contributed by atoms with van der Waals surface area (Å²) >= 11 is 0. The Morgan fingerprint density at radius 2 is 1.72 bits per heavy atom. The highest BCUT2D eigenvalue weighted by Crippen LogP contribution is 2.12. The predicted octanol–water partition coefficient (Wildman–Crippen LogP) is 0.675. The summed E-state index contributed by atoms with van der Waals surface area (Å²) < 4.78 is 0. The third-order valence-electron chi connectivity index (χ3n) is 4.22. The molecule has 4 rings (SSSR count). The summed E-state index contributed by atoms with van der Waals surface area (Å²) in [5.74, 6) is 0.469. The topological polar surface area (TPSA) is 95.1 Å². The number of carbonyl (C=O) groups is 1. The van der Waals surface area contributed by atoms with E-state index < -0.39 is 0 Å². The van der Waals surface area contributed by atoms with Crippen molar-refractivity contribution < 1.29 is 4.79 Å². The third-order valence-corrected chi connectivity index (χ3v) is 4.22. The van der Waals surface area contributed by atoms with Gasteiger partial charge in [0, 0.05) is 38.6 Å². The summed E-state index contributed by atoms with van der Waals surface area (Å²) in [4.78, 5) is 43.9. The van der Waals surface area contributed by atoms with Crippen LogP contribution in [-0.4, -0.2) is 56.9 Å². The highest BCUT2D eigenvalue weighted by atomic mass is 16.2. The van der Waals surface area contributed by atoms with E-state index in [1.54, 1.807) is 47.6 Å². The standard InChI is InChI=1S/C17H16N6O2/c24-15-12-4-1-2-5-13(12)20-14(21-15)16(25)22-8-10-23(11-9-22)17-18-6-3-7-19-17/h1-7H,8-11H2,(H,20,21,24). The average Bonchev–Trinajstić information content (AvgIpc) is 2.68. The zero-order chi connectivity index (χ0) is 17.2. The highest BCUT2D eigenvalue weighted by molar-refractivity contribution is 5.92. The zero-order valence-corrected chi connectivity index (χ0v) is 13.4. The molecular formula is C17H16N6O2. The third kappa shape index (κ3) is 2.93. The monoisotopic (exact) mass is 336 g/mol. The Labute approximate surface area is 143 Å². The van der Waals surface area contributed by atoms with Crippen molar-refractivity contribution in [1.82, 2.24) is 24.8 Å². The van der Waals surface area contributed by atoms with Crippen LogP contribution in [0.3, 0.4) is 0 Å². The van der Waals surface area contributed by atoms with Crippen molar-refractivity contribution in [3.8, 4) is 0 Å². The van der Waals surface area contributed by atoms with Crippen LogP contribution in [0.5, 0.6) is 0 Å². The van der Waals surface area contributed by atoms with Gasteiger partial charge in [-0.3, -0.25) is 9.59 Å². The van der Waals surface area contributed by atoms with E-state index in [1.165, 1.54) is 0 Å². The van der Waals surface area contributed by atoms with Crippen LogP contribution in [0.2, 0.25) is 0 Å². The Hall–Kier alpha value is -3.29. The number of aromatic nitrogens is 4. The van der Waals surface area contributed by atoms with Gasteiger partial charge < -0.3 is 14.8 Å². The normalized spacial score (nSPS) is 14.7. The molecule has 1 aliphatic rings. The molecule has 126 valence electrons. The molecule has 0 atom stereocenters. The summed E-state index contributed by atoms with van der Waals surface area (Å²) in [5.41, 5.74) is 0.219. The molecule has 0 saturated carbocycles. The second-order valence-electron chi connectivity index (χ2n) is 5.76. The average molecular weight is 336 g/mol. The minimum atomic E-state index is -0.301. The predicted molar refractivity (Wildman–Crippen MR) is 92.5 cm³/mol. The molecule has 25 heavy (non-hydrogen) atoms. The highest BCUT2D eigenvalue weighted by Gasteiger charge is 2.25. The lowest BCUT2D eigenvalue weighted by Crippen LogP contribution is -2.49. The van der Waals surface area contributed by atoms with Crippen LogP contribution >= 0.6 is 0 Å². The number of carbonyl (C=O) groups excluding carboxylic acids is 1. The van der Waals surface area contributed by atoms with Gasteiger partial charge in [-0.2, -0.15) is 0 Å². The molecule has 0 bridgehead atoms. The minimum absolute atomic E-state index is 0.0770. The lowest BCUT2D eigenvalue weighted by Gasteiger charge is -2.34. The first-order valence-electron chi connectivity index (χ1n) is 8.03. The van der Waals surface area contributed by atoms with E-state index in [1.807, 2.05) is 4.90 Å². The van der Waals surface area contributed by atoms with E-state index >= 15 is 0 Å². The molecule has 1 aliphatic heterocycles. The number of benzene rings is 1. The van der Waals surface area contributed by atoms with Gasteiger partial charge in [-0.25, -0.2) is 15.0 Å². The van der Waals surface area contributed by atoms with Gasteiger partial charge in [-0.15, -0.1) is 0 Å². The number of aromatic amines is 1. The van der Waals surface area contributed by atoms with Crippen LogP contribution in [0.1, 0.15) is 10.6 Å². The number of para-hydroxylation sites is 1. The van der Waals surface area contributed by atoms with Crippen molar-refractivity contribution in [2.24, 2.45) is 0 Å². The molecule has 3 heterocycles. The fraction of sp³-hybridized carbons (Fsp3) is 0.235. The van der Waals surface area contributed by atoms with Crippen LogP contribution in [0.15, 0.2) is 47.5 Å². The molecule has 1 saturated heterocycles. The van der Waals surface area contributed by atoms with E-state index in [4.69, 9.17) is 0 Å². The maximum atomic E-state index is 12.7. The van der Waals surface area contributed by atoms with Crippen LogP contribution < -0.4 is 10.5 Å². The Morgan fingerprint density at radius 3 is 2.48 bits per heavy atom. The van der Waals surface area contributed by atoms with Crippen molar-refractivity contribution in [3.63, 3.8) is 0 Å². The smallest absolute Gasteiger partial charge is 0.289 e. The van der Waals surface area contributed by atoms with Crippen LogP contribution in [0, 0.1) is 0 Å². The van der Waals surface area contributed by atoms with E-state index in [0.717, 1.165) is 0 Å². The fourth-order valence-electron chi connectivity index (χ4n) is 2.90. The van der Waals surface area contributed by atoms with Crippen molar-refractivity contribution >= 4 is 22.8 Å². The van der Waals surface area contributed by atoms with Crippen LogP contribution in [0.25, 0.3) is 10.9 Å². The number of H-pyrrole nitrogens is 1. The molecule has 0 spiro atoms. The van der Waals surface area contributed by atoms with Gasteiger partial charge in [-0.1, -0.05) is 12.1 Å². The molecule has 8 nitrogen and oxygen atoms in total. The summed E-state index contributed by atoms with van der Waals surface area (Å²) in [5, 5.41) is 0.477. The second-order valence-corrected chi connectivity index (χ2v) is 5.76. The maximum absolute atomic E-state index is 12.7. The summed E-state index contributed by atoms with van der Waals surface area (Å²) in [7, 11) is 0. The van der Waals surface area contributed by atoms with Gasteiger partial charge in [0.15, 0.2) is 5.82 Å². The Bertz CT molecular complexity index is 964. The van der Waals surface area contributed by atoms with Gasteiger partial charge in [0.05, 0.1) is 10.9 Å². The number of piperazine rings is 1. The summed E-state index contributed by atoms with van der Waals surface area (Å²) in [6.45, 7) is 2.31. The van der Waals surface area contributed by atoms with Crippen molar-refractivity contribution in [3.05, 3.63) is 58.9 Å². The van der Waals surface area contributed by atoms with E-state index in [2.05, 4.69) is 19.9 Å². The molecule has 3 aromatic rings. The number of rotatable bonds is 2. The number of amides is 1. The maximum Gasteiger partial charge on any atom is 0.289 e. The molecule has 0 unspecified atom stereocenters. The van der Waals surface area contributed by atoms with Gasteiger partial charge in [0.2, 0.25) is 5.95 Å². The first-order valence-corrected chi connectivity index (χ1v) is 8.03. The first kappa shape index (κ1) is 15.3. The molecule has 0 radical (unpaired) electrons. The Kier molecular flexibility index (Phi) is 3.85. The van der Waals surface area contributed by atoms with Gasteiger partial charge in [0.1, 0.15) is 0 Å². The van der Waals surface area contributed by atoms with Crippen molar-refractivity contribution in [2.75, 3.05) is 31.1 Å². The molecular weight excluding hydrogens is 320 g/mol. The van der Waals surface area contributed by atoms with Crippen molar-refractivity contribution in [2.45, 2.75) is 0 Å². The molecule has 1 N–H and O–H groups in total. The number of nitrogens with one attached hydrogen (secondary N) is 1. The first-order chi connectivity index (χ1) is 12.2. The largest absolute Gasteiger partial charge is 0.337 e. The number of hydrogen-bond donors (Lipinski definition) is 1. The van der Waals surface area contributed by atoms with Crippen LogP contribution in [0.4, 0.5) is 5.95 Å². The molecule has 8 heteroatoms. The molecule has 1 fully saturated rings. The number of nitrogens with zero attached hydrogens (tertiary/aromatic N) is 5. The lowest BCUT2D eigenvalue weighted by atomic mass is 10.2. The summed E-state index contributed by atoms with van der Waals surface area (Å²) in [6.07, 6.45) is 3.40. The van der Waals surface area contributed by atoms with Crippen molar-refractivity contribution in [1.29, 1.82) is 0 Å². The molecule has 1 aromatic carbocycles.